The van der Waals surface area contributed by atoms with E-state index >= 15 is 0 Å². The molecule has 0 spiro atoms. The predicted molar refractivity (Wildman–Crippen MR) is 76.0 cm³/mol. The lowest BCUT2D eigenvalue weighted by molar-refractivity contribution is 0.626. The SMILES string of the molecule is CC(C)c1nnsc1C(N)Cc1ccc(F)c(Cl)c1. The van der Waals surface area contributed by atoms with E-state index in [4.69, 9.17) is 17.3 Å². The average molecular weight is 300 g/mol. The fourth-order valence-corrected chi connectivity index (χ4v) is 2.88. The Morgan fingerprint density at radius 1 is 1.42 bits per heavy atom. The summed E-state index contributed by atoms with van der Waals surface area (Å²) in [6.45, 7) is 4.11. The summed E-state index contributed by atoms with van der Waals surface area (Å²) < 4.78 is 17.1. The van der Waals surface area contributed by atoms with Crippen LogP contribution in [0, 0.1) is 5.82 Å². The Kier molecular flexibility index (Phi) is 4.50. The van der Waals surface area contributed by atoms with Gasteiger partial charge in [0.1, 0.15) is 5.82 Å². The molecule has 2 aromatic rings. The fraction of sp³-hybridized carbons (Fsp3) is 0.385. The molecule has 0 fully saturated rings. The normalized spacial score (nSPS) is 12.9. The van der Waals surface area contributed by atoms with E-state index in [1.807, 2.05) is 0 Å². The van der Waals surface area contributed by atoms with Gasteiger partial charge in [0, 0.05) is 6.04 Å². The molecule has 0 bridgehead atoms. The highest BCUT2D eigenvalue weighted by Gasteiger charge is 2.18. The van der Waals surface area contributed by atoms with Gasteiger partial charge in [-0.05, 0) is 41.6 Å². The van der Waals surface area contributed by atoms with Crippen LogP contribution in [0.15, 0.2) is 18.2 Å². The highest BCUT2D eigenvalue weighted by atomic mass is 35.5. The molecular formula is C13H15ClFN3S. The second-order valence-corrected chi connectivity index (χ2v) is 5.93. The quantitative estimate of drug-likeness (QED) is 0.936. The number of benzene rings is 1. The van der Waals surface area contributed by atoms with E-state index in [1.165, 1.54) is 17.6 Å². The predicted octanol–water partition coefficient (Wildman–Crippen LogP) is 3.70. The third-order valence-electron chi connectivity index (χ3n) is 2.86. The minimum absolute atomic E-state index is 0.121. The number of halogens is 2. The van der Waals surface area contributed by atoms with Gasteiger partial charge in [-0.25, -0.2) is 4.39 Å². The smallest absolute Gasteiger partial charge is 0.141 e. The molecule has 1 unspecified atom stereocenters. The van der Waals surface area contributed by atoms with Crippen molar-refractivity contribution in [1.29, 1.82) is 0 Å². The number of nitrogens with zero attached hydrogens (tertiary/aromatic N) is 2. The van der Waals surface area contributed by atoms with Gasteiger partial charge in [0.05, 0.1) is 15.6 Å². The number of aromatic nitrogens is 2. The molecule has 1 aromatic carbocycles. The highest BCUT2D eigenvalue weighted by molar-refractivity contribution is 7.05. The molecule has 19 heavy (non-hydrogen) atoms. The van der Waals surface area contributed by atoms with E-state index in [-0.39, 0.29) is 17.0 Å². The second kappa shape index (κ2) is 5.94. The number of hydrogen-bond acceptors (Lipinski definition) is 4. The summed E-state index contributed by atoms with van der Waals surface area (Å²) in [5.74, 6) is -0.127. The van der Waals surface area contributed by atoms with Crippen LogP contribution in [0.25, 0.3) is 0 Å². The second-order valence-electron chi connectivity index (χ2n) is 4.74. The summed E-state index contributed by atoms with van der Waals surface area (Å²) >= 11 is 7.09. The van der Waals surface area contributed by atoms with Gasteiger partial charge in [0.25, 0.3) is 0 Å². The minimum atomic E-state index is -0.415. The lowest BCUT2D eigenvalue weighted by Crippen LogP contribution is -2.14. The maximum absolute atomic E-state index is 13.1. The molecule has 1 atom stereocenters. The Morgan fingerprint density at radius 2 is 2.16 bits per heavy atom. The molecule has 2 N–H and O–H groups in total. The van der Waals surface area contributed by atoms with Crippen molar-refractivity contribution in [2.45, 2.75) is 32.2 Å². The van der Waals surface area contributed by atoms with Crippen LogP contribution in [0.4, 0.5) is 4.39 Å². The van der Waals surface area contributed by atoms with Crippen LogP contribution < -0.4 is 5.73 Å². The molecule has 0 saturated carbocycles. The zero-order chi connectivity index (χ0) is 14.0. The van der Waals surface area contributed by atoms with Crippen LogP contribution >= 0.6 is 23.1 Å². The molecule has 0 aliphatic rings. The zero-order valence-electron chi connectivity index (χ0n) is 10.7. The zero-order valence-corrected chi connectivity index (χ0v) is 12.3. The maximum Gasteiger partial charge on any atom is 0.141 e. The highest BCUT2D eigenvalue weighted by Crippen LogP contribution is 2.27. The lowest BCUT2D eigenvalue weighted by Gasteiger charge is -2.12. The number of hydrogen-bond donors (Lipinski definition) is 1. The Balaban J connectivity index is 2.18. The first-order valence-corrected chi connectivity index (χ1v) is 7.15. The van der Waals surface area contributed by atoms with E-state index in [1.54, 1.807) is 12.1 Å². The van der Waals surface area contributed by atoms with E-state index in [9.17, 15) is 4.39 Å². The Hall–Kier alpha value is -1.04. The molecular weight excluding hydrogens is 285 g/mol. The maximum atomic E-state index is 13.1. The van der Waals surface area contributed by atoms with Crippen LogP contribution in [0.2, 0.25) is 5.02 Å². The first kappa shape index (κ1) is 14.4. The Labute approximate surface area is 120 Å². The fourth-order valence-electron chi connectivity index (χ4n) is 1.88. The molecule has 1 aromatic heterocycles. The van der Waals surface area contributed by atoms with Gasteiger partial charge < -0.3 is 5.73 Å². The van der Waals surface area contributed by atoms with Crippen LogP contribution in [0.3, 0.4) is 0 Å². The van der Waals surface area contributed by atoms with Crippen molar-refractivity contribution >= 4 is 23.1 Å². The van der Waals surface area contributed by atoms with Crippen molar-refractivity contribution in [2.24, 2.45) is 5.73 Å². The van der Waals surface area contributed by atoms with Gasteiger partial charge in [0.15, 0.2) is 0 Å². The van der Waals surface area contributed by atoms with E-state index in [0.717, 1.165) is 16.1 Å². The third-order valence-corrected chi connectivity index (χ3v) is 4.02. The van der Waals surface area contributed by atoms with Gasteiger partial charge in [-0.3, -0.25) is 0 Å². The minimum Gasteiger partial charge on any atom is -0.323 e. The van der Waals surface area contributed by atoms with Gasteiger partial charge >= 0.3 is 0 Å². The van der Waals surface area contributed by atoms with Crippen molar-refractivity contribution in [3.05, 3.63) is 45.2 Å². The topological polar surface area (TPSA) is 51.8 Å². The van der Waals surface area contributed by atoms with Gasteiger partial charge in [-0.2, -0.15) is 0 Å². The van der Waals surface area contributed by atoms with E-state index in [0.29, 0.717) is 6.42 Å². The van der Waals surface area contributed by atoms with Crippen LogP contribution in [-0.2, 0) is 6.42 Å². The summed E-state index contributed by atoms with van der Waals surface area (Å²) in [5, 5.41) is 4.23. The summed E-state index contributed by atoms with van der Waals surface area (Å²) in [4.78, 5) is 0.982. The van der Waals surface area contributed by atoms with Crippen molar-refractivity contribution in [1.82, 2.24) is 9.59 Å². The van der Waals surface area contributed by atoms with Crippen molar-refractivity contribution in [3.63, 3.8) is 0 Å². The van der Waals surface area contributed by atoms with E-state index < -0.39 is 5.82 Å². The van der Waals surface area contributed by atoms with Crippen molar-refractivity contribution in [3.8, 4) is 0 Å². The molecule has 0 amide bonds. The lowest BCUT2D eigenvalue weighted by atomic mass is 10.0. The molecule has 3 nitrogen and oxygen atoms in total. The largest absolute Gasteiger partial charge is 0.323 e. The molecule has 0 saturated heterocycles. The summed E-state index contributed by atoms with van der Waals surface area (Å²) in [7, 11) is 0. The summed E-state index contributed by atoms with van der Waals surface area (Å²) in [6.07, 6.45) is 0.587. The van der Waals surface area contributed by atoms with Crippen molar-refractivity contribution in [2.75, 3.05) is 0 Å². The Bertz CT molecular complexity index is 571. The van der Waals surface area contributed by atoms with Crippen LogP contribution in [-0.4, -0.2) is 9.59 Å². The number of nitrogens with two attached hydrogens (primary N) is 1. The summed E-state index contributed by atoms with van der Waals surface area (Å²) in [5.41, 5.74) is 8.03. The van der Waals surface area contributed by atoms with Crippen molar-refractivity contribution < 1.29 is 4.39 Å². The Morgan fingerprint density at radius 3 is 2.79 bits per heavy atom. The molecule has 102 valence electrons. The molecule has 2 rings (SSSR count). The van der Waals surface area contributed by atoms with Crippen LogP contribution in [0.5, 0.6) is 0 Å². The van der Waals surface area contributed by atoms with Gasteiger partial charge in [-0.15, -0.1) is 5.10 Å². The molecule has 0 aliphatic carbocycles. The number of rotatable bonds is 4. The third kappa shape index (κ3) is 3.29. The average Bonchev–Trinajstić information content (AvgIpc) is 2.83. The molecule has 6 heteroatoms. The first-order chi connectivity index (χ1) is 8.99. The van der Waals surface area contributed by atoms with E-state index in [2.05, 4.69) is 23.4 Å². The first-order valence-electron chi connectivity index (χ1n) is 6.00. The summed E-state index contributed by atoms with van der Waals surface area (Å²) in [6, 6.07) is 4.47. The van der Waals surface area contributed by atoms with Gasteiger partial charge in [0.2, 0.25) is 0 Å². The van der Waals surface area contributed by atoms with Gasteiger partial charge in [-0.1, -0.05) is 36.0 Å². The monoisotopic (exact) mass is 299 g/mol. The van der Waals surface area contributed by atoms with Crippen LogP contribution in [0.1, 0.15) is 41.9 Å². The molecule has 1 heterocycles. The molecule has 0 radical (unpaired) electrons. The molecule has 0 aliphatic heterocycles. The standard InChI is InChI=1S/C13H15ClFN3S/c1-7(2)12-13(19-18-17-12)11(16)6-8-3-4-10(15)9(14)5-8/h3-5,7,11H,6,16H2,1-2H3.